The van der Waals surface area contributed by atoms with Crippen LogP contribution in [0.25, 0.3) is 0 Å². The van der Waals surface area contributed by atoms with Crippen molar-refractivity contribution in [2.75, 3.05) is 6.54 Å². The third kappa shape index (κ3) is 4.11. The molecule has 0 amide bonds. The average Bonchev–Trinajstić information content (AvgIpc) is 2.29. The summed E-state index contributed by atoms with van der Waals surface area (Å²) in [5.74, 6) is -0.0613. The molecule has 90 valence electrons. The van der Waals surface area contributed by atoms with E-state index in [4.69, 9.17) is 0 Å². The predicted molar refractivity (Wildman–Crippen MR) is 65.6 cm³/mol. The van der Waals surface area contributed by atoms with Gasteiger partial charge in [0.05, 0.1) is 0 Å². The third-order valence-corrected chi connectivity index (χ3v) is 2.62. The van der Waals surface area contributed by atoms with Gasteiger partial charge in [0.2, 0.25) is 0 Å². The van der Waals surface area contributed by atoms with Crippen LogP contribution in [0.4, 0.5) is 0 Å². The van der Waals surface area contributed by atoms with Crippen molar-refractivity contribution in [2.45, 2.75) is 39.2 Å². The number of aromatic hydroxyl groups is 2. The molecule has 0 heterocycles. The maximum Gasteiger partial charge on any atom is 0.161 e. The van der Waals surface area contributed by atoms with Gasteiger partial charge in [-0.15, -0.1) is 0 Å². The molecule has 0 aliphatic rings. The largest absolute Gasteiger partial charge is 0.504 e. The molecule has 3 nitrogen and oxygen atoms in total. The molecule has 0 unspecified atom stereocenters. The molecule has 3 heteroatoms. The number of para-hydroxylation sites is 1. The van der Waals surface area contributed by atoms with Crippen LogP contribution in [0.2, 0.25) is 0 Å². The van der Waals surface area contributed by atoms with Gasteiger partial charge >= 0.3 is 0 Å². The SMILES string of the molecule is CCCCCCNCc1cccc(O)c1O. The second-order valence-corrected chi connectivity index (χ2v) is 4.02. The van der Waals surface area contributed by atoms with Crippen molar-refractivity contribution in [3.8, 4) is 11.5 Å². The number of hydrogen-bond donors (Lipinski definition) is 3. The molecule has 0 bridgehead atoms. The summed E-state index contributed by atoms with van der Waals surface area (Å²) >= 11 is 0. The lowest BCUT2D eigenvalue weighted by Gasteiger charge is -2.07. The van der Waals surface area contributed by atoms with Crippen LogP contribution in [0.1, 0.15) is 38.2 Å². The van der Waals surface area contributed by atoms with Crippen LogP contribution in [0.15, 0.2) is 18.2 Å². The van der Waals surface area contributed by atoms with Crippen molar-refractivity contribution in [1.82, 2.24) is 5.32 Å². The Hall–Kier alpha value is -1.22. The van der Waals surface area contributed by atoms with Gasteiger partial charge in [0.1, 0.15) is 0 Å². The van der Waals surface area contributed by atoms with E-state index in [-0.39, 0.29) is 11.5 Å². The molecule has 1 rings (SSSR count). The Bertz CT molecular complexity index is 313. The zero-order valence-corrected chi connectivity index (χ0v) is 9.87. The Morgan fingerprint density at radius 2 is 1.94 bits per heavy atom. The predicted octanol–water partition coefficient (Wildman–Crippen LogP) is 2.77. The smallest absolute Gasteiger partial charge is 0.161 e. The molecule has 1 aromatic carbocycles. The van der Waals surface area contributed by atoms with Gasteiger partial charge in [-0.3, -0.25) is 0 Å². The summed E-state index contributed by atoms with van der Waals surface area (Å²) < 4.78 is 0. The molecule has 0 aliphatic carbocycles. The van der Waals surface area contributed by atoms with Crippen LogP contribution < -0.4 is 5.32 Å². The molecule has 0 aliphatic heterocycles. The van der Waals surface area contributed by atoms with Crippen LogP contribution >= 0.6 is 0 Å². The summed E-state index contributed by atoms with van der Waals surface area (Å²) in [4.78, 5) is 0. The summed E-state index contributed by atoms with van der Waals surface area (Å²) in [6.07, 6.45) is 4.93. The Kier molecular flexibility index (Phi) is 5.72. The molecule has 0 aromatic heterocycles. The van der Waals surface area contributed by atoms with Crippen molar-refractivity contribution >= 4 is 0 Å². The fourth-order valence-corrected chi connectivity index (χ4v) is 1.62. The number of phenols is 2. The van der Waals surface area contributed by atoms with Crippen LogP contribution in [-0.2, 0) is 6.54 Å². The van der Waals surface area contributed by atoms with E-state index in [2.05, 4.69) is 12.2 Å². The van der Waals surface area contributed by atoms with Gasteiger partial charge in [0.15, 0.2) is 11.5 Å². The molecule has 0 atom stereocenters. The second-order valence-electron chi connectivity index (χ2n) is 4.02. The molecular weight excluding hydrogens is 202 g/mol. The number of rotatable bonds is 7. The Balaban J connectivity index is 2.24. The molecule has 16 heavy (non-hydrogen) atoms. The fraction of sp³-hybridized carbons (Fsp3) is 0.538. The quantitative estimate of drug-likeness (QED) is 0.492. The minimum Gasteiger partial charge on any atom is -0.504 e. The van der Waals surface area contributed by atoms with Gasteiger partial charge in [0, 0.05) is 12.1 Å². The first-order valence-electron chi connectivity index (χ1n) is 5.96. The summed E-state index contributed by atoms with van der Waals surface area (Å²) in [6, 6.07) is 5.04. The number of nitrogens with one attached hydrogen (secondary N) is 1. The highest BCUT2D eigenvalue weighted by atomic mass is 16.3. The number of hydrogen-bond acceptors (Lipinski definition) is 3. The first-order valence-corrected chi connectivity index (χ1v) is 5.96. The van der Waals surface area contributed by atoms with E-state index in [0.29, 0.717) is 6.54 Å². The van der Waals surface area contributed by atoms with Crippen molar-refractivity contribution < 1.29 is 10.2 Å². The molecule has 3 N–H and O–H groups in total. The molecule has 0 spiro atoms. The van der Waals surface area contributed by atoms with Crippen LogP contribution in [-0.4, -0.2) is 16.8 Å². The van der Waals surface area contributed by atoms with E-state index >= 15 is 0 Å². The van der Waals surface area contributed by atoms with Gasteiger partial charge in [-0.25, -0.2) is 0 Å². The molecular formula is C13H21NO2. The standard InChI is InChI=1S/C13H21NO2/c1-2-3-4-5-9-14-10-11-7-6-8-12(15)13(11)16/h6-8,14-16H,2-5,9-10H2,1H3. The lowest BCUT2D eigenvalue weighted by Crippen LogP contribution is -2.14. The Labute approximate surface area is 97.1 Å². The van der Waals surface area contributed by atoms with Crippen LogP contribution in [0.5, 0.6) is 11.5 Å². The summed E-state index contributed by atoms with van der Waals surface area (Å²) in [5.41, 5.74) is 0.746. The van der Waals surface area contributed by atoms with E-state index in [9.17, 15) is 10.2 Å². The Morgan fingerprint density at radius 3 is 2.69 bits per heavy atom. The highest BCUT2D eigenvalue weighted by molar-refractivity contribution is 5.44. The third-order valence-electron chi connectivity index (χ3n) is 2.62. The minimum absolute atomic E-state index is 0.0106. The lowest BCUT2D eigenvalue weighted by atomic mass is 10.1. The van der Waals surface area contributed by atoms with Crippen molar-refractivity contribution in [3.63, 3.8) is 0 Å². The molecule has 0 saturated carbocycles. The van der Waals surface area contributed by atoms with Crippen molar-refractivity contribution in [1.29, 1.82) is 0 Å². The zero-order chi connectivity index (χ0) is 11.8. The summed E-state index contributed by atoms with van der Waals surface area (Å²) in [5, 5.41) is 22.1. The van der Waals surface area contributed by atoms with Gasteiger partial charge in [0.25, 0.3) is 0 Å². The Morgan fingerprint density at radius 1 is 1.12 bits per heavy atom. The van der Waals surface area contributed by atoms with Crippen molar-refractivity contribution in [3.05, 3.63) is 23.8 Å². The fourth-order valence-electron chi connectivity index (χ4n) is 1.62. The minimum atomic E-state index is -0.0507. The number of phenolic OH excluding ortho intramolecular Hbond substituents is 2. The number of benzene rings is 1. The van der Waals surface area contributed by atoms with Gasteiger partial charge in [-0.1, -0.05) is 38.3 Å². The lowest BCUT2D eigenvalue weighted by molar-refractivity contribution is 0.397. The topological polar surface area (TPSA) is 52.5 Å². The summed E-state index contributed by atoms with van der Waals surface area (Å²) in [7, 11) is 0. The molecule has 0 saturated heterocycles. The second kappa shape index (κ2) is 7.12. The average molecular weight is 223 g/mol. The maximum absolute atomic E-state index is 9.55. The first kappa shape index (κ1) is 12.8. The molecule has 1 aromatic rings. The maximum atomic E-state index is 9.55. The van der Waals surface area contributed by atoms with E-state index in [1.807, 2.05) is 6.07 Å². The van der Waals surface area contributed by atoms with Crippen LogP contribution in [0.3, 0.4) is 0 Å². The molecule has 0 fully saturated rings. The van der Waals surface area contributed by atoms with E-state index < -0.39 is 0 Å². The van der Waals surface area contributed by atoms with Gasteiger partial charge in [-0.2, -0.15) is 0 Å². The van der Waals surface area contributed by atoms with E-state index in [1.54, 1.807) is 6.07 Å². The van der Waals surface area contributed by atoms with E-state index in [1.165, 1.54) is 25.3 Å². The monoisotopic (exact) mass is 223 g/mol. The first-order chi connectivity index (χ1) is 7.75. The summed E-state index contributed by atoms with van der Waals surface area (Å²) in [6.45, 7) is 3.75. The number of unbranched alkanes of at least 4 members (excludes halogenated alkanes) is 3. The van der Waals surface area contributed by atoms with E-state index in [0.717, 1.165) is 18.5 Å². The van der Waals surface area contributed by atoms with Crippen LogP contribution in [0, 0.1) is 0 Å². The highest BCUT2D eigenvalue weighted by Gasteiger charge is 2.04. The van der Waals surface area contributed by atoms with Gasteiger partial charge < -0.3 is 15.5 Å². The van der Waals surface area contributed by atoms with Crippen molar-refractivity contribution in [2.24, 2.45) is 0 Å². The van der Waals surface area contributed by atoms with Gasteiger partial charge in [-0.05, 0) is 19.0 Å². The zero-order valence-electron chi connectivity index (χ0n) is 9.87. The molecule has 0 radical (unpaired) electrons. The normalized spacial score (nSPS) is 10.6. The highest BCUT2D eigenvalue weighted by Crippen LogP contribution is 2.27.